The third kappa shape index (κ3) is 10.1. The molecule has 0 spiro atoms. The molecule has 0 saturated heterocycles. The van der Waals surface area contributed by atoms with Gasteiger partial charge in [0.25, 0.3) is 0 Å². The molecule has 11 heteroatoms. The summed E-state index contributed by atoms with van der Waals surface area (Å²) in [6.07, 6.45) is 6.52. The van der Waals surface area contributed by atoms with Crippen molar-refractivity contribution in [2.24, 2.45) is 0 Å². The number of allylic oxidation sites excluding steroid dienone is 1. The highest BCUT2D eigenvalue weighted by Gasteiger charge is 2.35. The highest BCUT2D eigenvalue weighted by molar-refractivity contribution is 7.51. The van der Waals surface area contributed by atoms with Gasteiger partial charge in [0, 0.05) is 6.04 Å². The Bertz CT molecular complexity index is 387. The van der Waals surface area contributed by atoms with E-state index >= 15 is 0 Å². The van der Waals surface area contributed by atoms with Gasteiger partial charge in [0.2, 0.25) is 7.59 Å². The van der Waals surface area contributed by atoms with E-state index in [1.165, 1.54) is 0 Å². The Balaban J connectivity index is 2.69. The second-order valence-corrected chi connectivity index (χ2v) is 11.2. The molecule has 0 unspecified atom stereocenters. The lowest BCUT2D eigenvalue weighted by molar-refractivity contribution is 0.198. The van der Waals surface area contributed by atoms with Gasteiger partial charge in [0.05, 0.1) is 0 Å². The van der Waals surface area contributed by atoms with Crippen LogP contribution in [0.4, 0.5) is 0 Å². The van der Waals surface area contributed by atoms with Crippen molar-refractivity contribution in [1.29, 1.82) is 0 Å². The van der Waals surface area contributed by atoms with Gasteiger partial charge in [-0.3, -0.25) is 9.05 Å². The number of rotatable bonds is 6. The molecule has 124 valence electrons. The molecular weight excluding hydrogens is 426 g/mol. The maximum absolute atomic E-state index is 12.6. The molecule has 0 bridgehead atoms. The minimum atomic E-state index is -3.79. The zero-order valence-electron chi connectivity index (χ0n) is 10.7. The molecule has 0 aromatic heterocycles. The summed E-state index contributed by atoms with van der Waals surface area (Å²) in [6.45, 7) is -0.865. The predicted octanol–water partition coefficient (Wildman–Crippen LogP) is 5.57. The maximum atomic E-state index is 12.6. The minimum Gasteiger partial charge on any atom is -0.292 e. The first kappa shape index (κ1) is 20.6. The zero-order chi connectivity index (χ0) is 16.1. The SMILES string of the molecule is O=P(N[C@H]1C=CCCC1)(OCC(Cl)(Cl)Cl)OCC(Cl)(Cl)Cl. The van der Waals surface area contributed by atoms with Crippen LogP contribution in [-0.2, 0) is 13.6 Å². The topological polar surface area (TPSA) is 47.6 Å². The minimum absolute atomic E-state index is 0.185. The fourth-order valence-corrected chi connectivity index (χ4v) is 3.91. The van der Waals surface area contributed by atoms with Gasteiger partial charge >= 0.3 is 7.75 Å². The van der Waals surface area contributed by atoms with Crippen LogP contribution >= 0.6 is 77.4 Å². The van der Waals surface area contributed by atoms with Crippen molar-refractivity contribution in [3.63, 3.8) is 0 Å². The Morgan fingerprint density at radius 1 is 1.10 bits per heavy atom. The zero-order valence-corrected chi connectivity index (χ0v) is 16.1. The molecule has 1 aliphatic carbocycles. The van der Waals surface area contributed by atoms with Gasteiger partial charge in [-0.2, -0.15) is 0 Å². The molecule has 0 fully saturated rings. The van der Waals surface area contributed by atoms with E-state index in [0.29, 0.717) is 0 Å². The molecule has 0 radical (unpaired) electrons. The number of hydrogen-bond acceptors (Lipinski definition) is 3. The molecule has 1 atom stereocenters. The average molecular weight is 440 g/mol. The lowest BCUT2D eigenvalue weighted by Crippen LogP contribution is -2.30. The fourth-order valence-electron chi connectivity index (χ4n) is 1.55. The third-order valence-electron chi connectivity index (χ3n) is 2.37. The van der Waals surface area contributed by atoms with Gasteiger partial charge in [-0.15, -0.1) is 0 Å². The van der Waals surface area contributed by atoms with Gasteiger partial charge in [0.15, 0.2) is 0 Å². The van der Waals surface area contributed by atoms with Gasteiger partial charge in [-0.1, -0.05) is 81.8 Å². The van der Waals surface area contributed by atoms with Crippen LogP contribution in [0.5, 0.6) is 0 Å². The monoisotopic (exact) mass is 437 g/mol. The molecular formula is C10H14Cl6NO3P. The lowest BCUT2D eigenvalue weighted by Gasteiger charge is -2.27. The van der Waals surface area contributed by atoms with Crippen molar-refractivity contribution in [2.75, 3.05) is 13.2 Å². The van der Waals surface area contributed by atoms with Crippen molar-refractivity contribution in [1.82, 2.24) is 5.09 Å². The Morgan fingerprint density at radius 2 is 1.62 bits per heavy atom. The van der Waals surface area contributed by atoms with E-state index in [4.69, 9.17) is 78.7 Å². The van der Waals surface area contributed by atoms with E-state index < -0.39 is 28.5 Å². The summed E-state index contributed by atoms with van der Waals surface area (Å²) in [4.78, 5) is 0. The standard InChI is InChI=1S/C10H14Cl6NO3P/c11-9(12,13)6-19-21(18,20-7-10(14,15)16)17-8-4-2-1-3-5-8/h2,4,8H,1,3,5-7H2,(H,17,18)/t8-/m0/s1. The second kappa shape index (κ2) is 8.62. The van der Waals surface area contributed by atoms with E-state index in [1.807, 2.05) is 12.2 Å². The Labute approximate surface area is 153 Å². The molecule has 1 N–H and O–H groups in total. The summed E-state index contributed by atoms with van der Waals surface area (Å²) in [5.74, 6) is 0. The molecule has 1 rings (SSSR count). The summed E-state index contributed by atoms with van der Waals surface area (Å²) in [5.41, 5.74) is 0. The van der Waals surface area contributed by atoms with Crippen molar-refractivity contribution in [3.05, 3.63) is 12.2 Å². The van der Waals surface area contributed by atoms with Crippen LogP contribution in [0.3, 0.4) is 0 Å². The van der Waals surface area contributed by atoms with E-state index in [0.717, 1.165) is 19.3 Å². The van der Waals surface area contributed by atoms with E-state index in [-0.39, 0.29) is 6.04 Å². The first-order valence-electron chi connectivity index (χ1n) is 5.96. The molecule has 0 saturated carbocycles. The number of alkyl halides is 6. The summed E-state index contributed by atoms with van der Waals surface area (Å²) in [5, 5.41) is 2.75. The van der Waals surface area contributed by atoms with Crippen LogP contribution in [0.25, 0.3) is 0 Å². The Hall–Kier alpha value is 1.59. The van der Waals surface area contributed by atoms with Gasteiger partial charge in [-0.05, 0) is 19.3 Å². The van der Waals surface area contributed by atoms with Gasteiger partial charge in [0.1, 0.15) is 13.2 Å². The quantitative estimate of drug-likeness (QED) is 0.334. The number of hydrogen-bond donors (Lipinski definition) is 1. The maximum Gasteiger partial charge on any atom is 0.406 e. The third-order valence-corrected chi connectivity index (χ3v) is 4.62. The van der Waals surface area contributed by atoms with Crippen molar-refractivity contribution >= 4 is 77.4 Å². The average Bonchev–Trinajstić information content (AvgIpc) is 2.34. The second-order valence-electron chi connectivity index (χ2n) is 4.37. The van der Waals surface area contributed by atoms with Gasteiger partial charge < -0.3 is 0 Å². The molecule has 0 aromatic rings. The number of halogens is 6. The van der Waals surface area contributed by atoms with Gasteiger partial charge in [-0.25, -0.2) is 9.65 Å². The molecule has 4 nitrogen and oxygen atoms in total. The Kier molecular flexibility index (Phi) is 8.47. The molecule has 1 aliphatic rings. The fraction of sp³-hybridized carbons (Fsp3) is 0.800. The summed E-state index contributed by atoms with van der Waals surface area (Å²) in [6, 6.07) is -0.185. The van der Waals surface area contributed by atoms with Crippen molar-refractivity contribution < 1.29 is 13.6 Å². The molecule has 0 aliphatic heterocycles. The van der Waals surface area contributed by atoms with Crippen LogP contribution < -0.4 is 5.09 Å². The first-order valence-corrected chi connectivity index (χ1v) is 9.77. The van der Waals surface area contributed by atoms with E-state index in [9.17, 15) is 4.57 Å². The highest BCUT2D eigenvalue weighted by Crippen LogP contribution is 2.48. The normalized spacial score (nSPS) is 20.8. The van der Waals surface area contributed by atoms with E-state index in [1.54, 1.807) is 0 Å². The smallest absolute Gasteiger partial charge is 0.292 e. The number of nitrogens with one attached hydrogen (secondary N) is 1. The van der Waals surface area contributed by atoms with Crippen LogP contribution in [0.1, 0.15) is 19.3 Å². The largest absolute Gasteiger partial charge is 0.406 e. The Morgan fingerprint density at radius 3 is 2.00 bits per heavy atom. The predicted molar refractivity (Wildman–Crippen MR) is 90.0 cm³/mol. The lowest BCUT2D eigenvalue weighted by atomic mass is 10.0. The van der Waals surface area contributed by atoms with Crippen molar-refractivity contribution in [3.8, 4) is 0 Å². The molecule has 0 aromatic carbocycles. The summed E-state index contributed by atoms with van der Waals surface area (Å²) < 4.78 is 19.4. The van der Waals surface area contributed by atoms with Crippen molar-refractivity contribution in [2.45, 2.75) is 32.9 Å². The molecule has 0 heterocycles. The summed E-state index contributed by atoms with van der Waals surface area (Å²) >= 11 is 33.5. The highest BCUT2D eigenvalue weighted by atomic mass is 35.6. The molecule has 0 amide bonds. The van der Waals surface area contributed by atoms with Crippen LogP contribution in [0.15, 0.2) is 12.2 Å². The first-order chi connectivity index (χ1) is 9.49. The van der Waals surface area contributed by atoms with Crippen LogP contribution in [-0.4, -0.2) is 26.8 Å². The molecule has 21 heavy (non-hydrogen) atoms. The van der Waals surface area contributed by atoms with Crippen LogP contribution in [0, 0.1) is 0 Å². The van der Waals surface area contributed by atoms with E-state index in [2.05, 4.69) is 5.09 Å². The summed E-state index contributed by atoms with van der Waals surface area (Å²) in [7, 11) is -3.79. The van der Waals surface area contributed by atoms with Crippen LogP contribution in [0.2, 0.25) is 0 Å².